The molecule has 1 fully saturated rings. The molecule has 0 spiro atoms. The maximum atomic E-state index is 12.1. The molecule has 0 bridgehead atoms. The molecule has 7 nitrogen and oxygen atoms in total. The molecule has 1 saturated heterocycles. The fourth-order valence-electron chi connectivity index (χ4n) is 3.46. The van der Waals surface area contributed by atoms with Gasteiger partial charge in [0.1, 0.15) is 23.2 Å². The molecule has 3 rings (SSSR count). The van der Waals surface area contributed by atoms with E-state index in [0.717, 1.165) is 41.9 Å². The molecule has 2 aromatic rings. The number of aryl methyl sites for hydroxylation is 2. The molecule has 29 heavy (non-hydrogen) atoms. The normalized spacial score (nSPS) is 13.8. The van der Waals surface area contributed by atoms with E-state index in [0.29, 0.717) is 25.9 Å². The number of piperidine rings is 1. The fraction of sp³-hybridized carbons (Fsp3) is 0.500. The Labute approximate surface area is 172 Å². The van der Waals surface area contributed by atoms with Gasteiger partial charge in [0, 0.05) is 38.7 Å². The number of rotatable bonds is 9. The van der Waals surface area contributed by atoms with Gasteiger partial charge in [0.15, 0.2) is 0 Å². The zero-order valence-electron chi connectivity index (χ0n) is 17.4. The summed E-state index contributed by atoms with van der Waals surface area (Å²) < 4.78 is 5.15. The molecular weight excluding hydrogens is 366 g/mol. The third kappa shape index (κ3) is 6.62. The van der Waals surface area contributed by atoms with Crippen molar-refractivity contribution in [1.29, 1.82) is 0 Å². The quantitative estimate of drug-likeness (QED) is 0.634. The molecule has 156 valence electrons. The first-order valence-electron chi connectivity index (χ1n) is 10.4. The van der Waals surface area contributed by atoms with E-state index in [1.54, 1.807) is 7.11 Å². The highest BCUT2D eigenvalue weighted by Crippen LogP contribution is 2.20. The lowest BCUT2D eigenvalue weighted by Gasteiger charge is -2.28. The second kappa shape index (κ2) is 10.6. The Balaban J connectivity index is 1.39. The second-order valence-corrected chi connectivity index (χ2v) is 7.33. The van der Waals surface area contributed by atoms with E-state index < -0.39 is 0 Å². The van der Waals surface area contributed by atoms with Crippen molar-refractivity contribution in [2.24, 2.45) is 0 Å². The molecule has 2 heterocycles. The van der Waals surface area contributed by atoms with Crippen LogP contribution in [0, 0.1) is 6.92 Å². The Morgan fingerprint density at radius 1 is 1.10 bits per heavy atom. The molecule has 1 aromatic carbocycles. The number of carbonyl (C=O) groups excluding carboxylic acids is 1. The van der Waals surface area contributed by atoms with Crippen LogP contribution in [0.5, 0.6) is 5.75 Å². The molecule has 7 heteroatoms. The monoisotopic (exact) mass is 397 g/mol. The van der Waals surface area contributed by atoms with Crippen LogP contribution in [-0.2, 0) is 11.2 Å². The van der Waals surface area contributed by atoms with Crippen LogP contribution in [0.1, 0.15) is 37.1 Å². The van der Waals surface area contributed by atoms with Crippen LogP contribution < -0.4 is 20.3 Å². The predicted octanol–water partition coefficient (Wildman–Crippen LogP) is 2.94. The van der Waals surface area contributed by atoms with Gasteiger partial charge in [0.05, 0.1) is 7.11 Å². The minimum absolute atomic E-state index is 0.0514. The number of hydrogen-bond acceptors (Lipinski definition) is 6. The van der Waals surface area contributed by atoms with Crippen LogP contribution in [0.2, 0.25) is 0 Å². The minimum Gasteiger partial charge on any atom is -0.497 e. The van der Waals surface area contributed by atoms with Crippen LogP contribution in [0.25, 0.3) is 0 Å². The van der Waals surface area contributed by atoms with Gasteiger partial charge in [-0.3, -0.25) is 4.79 Å². The van der Waals surface area contributed by atoms with Gasteiger partial charge >= 0.3 is 0 Å². The maximum absolute atomic E-state index is 12.1. The van der Waals surface area contributed by atoms with Crippen molar-refractivity contribution in [3.8, 4) is 5.75 Å². The number of aromatic nitrogens is 2. The molecular formula is C22H31N5O2. The molecule has 0 unspecified atom stereocenters. The van der Waals surface area contributed by atoms with Crippen LogP contribution in [0.4, 0.5) is 11.6 Å². The number of anilines is 2. The summed E-state index contributed by atoms with van der Waals surface area (Å²) in [5, 5.41) is 6.26. The average molecular weight is 398 g/mol. The number of nitrogens with zero attached hydrogens (tertiary/aromatic N) is 3. The molecule has 0 atom stereocenters. The van der Waals surface area contributed by atoms with E-state index in [1.807, 2.05) is 37.3 Å². The number of methoxy groups -OCH3 is 1. The lowest BCUT2D eigenvalue weighted by molar-refractivity contribution is -0.120. The molecule has 1 aliphatic rings. The van der Waals surface area contributed by atoms with Crippen LogP contribution in [0.3, 0.4) is 0 Å². The number of hydrogen-bond donors (Lipinski definition) is 2. The Kier molecular flexibility index (Phi) is 7.67. The summed E-state index contributed by atoms with van der Waals surface area (Å²) in [6, 6.07) is 9.82. The molecule has 0 radical (unpaired) electrons. The molecule has 1 aliphatic heterocycles. The predicted molar refractivity (Wildman–Crippen MR) is 116 cm³/mol. The van der Waals surface area contributed by atoms with Crippen molar-refractivity contribution in [2.45, 2.75) is 39.0 Å². The summed E-state index contributed by atoms with van der Waals surface area (Å²) in [5.41, 5.74) is 1.13. The highest BCUT2D eigenvalue weighted by atomic mass is 16.5. The van der Waals surface area contributed by atoms with Gasteiger partial charge < -0.3 is 20.3 Å². The standard InChI is InChI=1S/C22H31N5O2/c1-17-25-20(16-21(26-17)27-14-4-3-5-15-27)23-12-13-24-22(28)11-8-18-6-9-19(29-2)10-7-18/h6-7,9-10,16H,3-5,8,11-15H2,1-2H3,(H,24,28)(H,23,25,26). The number of nitrogens with one attached hydrogen (secondary N) is 2. The first-order chi connectivity index (χ1) is 14.1. The van der Waals surface area contributed by atoms with E-state index in [9.17, 15) is 4.79 Å². The van der Waals surface area contributed by atoms with E-state index in [2.05, 4.69) is 25.5 Å². The summed E-state index contributed by atoms with van der Waals surface area (Å²) in [6.45, 7) is 5.22. The van der Waals surface area contributed by atoms with E-state index in [1.165, 1.54) is 19.3 Å². The molecule has 2 N–H and O–H groups in total. The van der Waals surface area contributed by atoms with Crippen molar-refractivity contribution in [2.75, 3.05) is 43.5 Å². The van der Waals surface area contributed by atoms with Crippen molar-refractivity contribution >= 4 is 17.5 Å². The van der Waals surface area contributed by atoms with Crippen LogP contribution in [-0.4, -0.2) is 49.2 Å². The van der Waals surface area contributed by atoms with Gasteiger partial charge in [-0.2, -0.15) is 0 Å². The van der Waals surface area contributed by atoms with E-state index in [-0.39, 0.29) is 5.91 Å². The average Bonchev–Trinajstić information content (AvgIpc) is 2.76. The molecule has 0 saturated carbocycles. The summed E-state index contributed by atoms with van der Waals surface area (Å²) >= 11 is 0. The highest BCUT2D eigenvalue weighted by molar-refractivity contribution is 5.76. The Morgan fingerprint density at radius 2 is 1.86 bits per heavy atom. The third-order valence-electron chi connectivity index (χ3n) is 5.06. The first-order valence-corrected chi connectivity index (χ1v) is 10.4. The topological polar surface area (TPSA) is 79.4 Å². The summed E-state index contributed by atoms with van der Waals surface area (Å²) in [4.78, 5) is 23.4. The van der Waals surface area contributed by atoms with Gasteiger partial charge in [-0.05, 0) is 50.3 Å². The van der Waals surface area contributed by atoms with E-state index >= 15 is 0 Å². The molecule has 1 aromatic heterocycles. The number of amides is 1. The Morgan fingerprint density at radius 3 is 2.59 bits per heavy atom. The SMILES string of the molecule is COc1ccc(CCC(=O)NCCNc2cc(N3CCCCC3)nc(C)n2)cc1. The zero-order chi connectivity index (χ0) is 20.5. The Bertz CT molecular complexity index is 788. The molecule has 0 aliphatic carbocycles. The largest absolute Gasteiger partial charge is 0.497 e. The first kappa shape index (κ1) is 20.9. The summed E-state index contributed by atoms with van der Waals surface area (Å²) in [6.07, 6.45) is 4.91. The van der Waals surface area contributed by atoms with E-state index in [4.69, 9.17) is 4.74 Å². The minimum atomic E-state index is 0.0514. The lowest BCUT2D eigenvalue weighted by atomic mass is 10.1. The number of benzene rings is 1. The number of ether oxygens (including phenoxy) is 1. The van der Waals surface area contributed by atoms with Gasteiger partial charge in [0.25, 0.3) is 0 Å². The van der Waals surface area contributed by atoms with Gasteiger partial charge in [-0.25, -0.2) is 9.97 Å². The van der Waals surface area contributed by atoms with Crippen LogP contribution in [0.15, 0.2) is 30.3 Å². The lowest BCUT2D eigenvalue weighted by Crippen LogP contribution is -2.31. The van der Waals surface area contributed by atoms with Gasteiger partial charge in [-0.15, -0.1) is 0 Å². The second-order valence-electron chi connectivity index (χ2n) is 7.33. The van der Waals surface area contributed by atoms with Crippen molar-refractivity contribution < 1.29 is 9.53 Å². The van der Waals surface area contributed by atoms with Crippen LogP contribution >= 0.6 is 0 Å². The summed E-state index contributed by atoms with van der Waals surface area (Å²) in [7, 11) is 1.65. The Hall–Kier alpha value is -2.83. The van der Waals surface area contributed by atoms with Crippen molar-refractivity contribution in [3.05, 3.63) is 41.7 Å². The number of carbonyl (C=O) groups is 1. The smallest absolute Gasteiger partial charge is 0.220 e. The van der Waals surface area contributed by atoms with Gasteiger partial charge in [0.2, 0.25) is 5.91 Å². The van der Waals surface area contributed by atoms with Crippen molar-refractivity contribution in [1.82, 2.24) is 15.3 Å². The zero-order valence-corrected chi connectivity index (χ0v) is 17.4. The van der Waals surface area contributed by atoms with Crippen molar-refractivity contribution in [3.63, 3.8) is 0 Å². The fourth-order valence-corrected chi connectivity index (χ4v) is 3.46. The maximum Gasteiger partial charge on any atom is 0.220 e. The highest BCUT2D eigenvalue weighted by Gasteiger charge is 2.13. The van der Waals surface area contributed by atoms with Gasteiger partial charge in [-0.1, -0.05) is 12.1 Å². The molecule has 1 amide bonds. The summed E-state index contributed by atoms with van der Waals surface area (Å²) in [5.74, 6) is 3.44. The third-order valence-corrected chi connectivity index (χ3v) is 5.06.